The van der Waals surface area contributed by atoms with Crippen molar-refractivity contribution in [2.45, 2.75) is 84.6 Å². The molecule has 2 nitrogen and oxygen atoms in total. The summed E-state index contributed by atoms with van der Waals surface area (Å²) in [6.45, 7) is 8.90. The van der Waals surface area contributed by atoms with Crippen LogP contribution in [-0.4, -0.2) is 24.0 Å². The molecule has 1 atom stereocenters. The Hall–Kier alpha value is -0.550. The van der Waals surface area contributed by atoms with E-state index in [1.165, 1.54) is 51.4 Å². The van der Waals surface area contributed by atoms with Crippen LogP contribution in [0.25, 0.3) is 0 Å². The molecule has 0 N–H and O–H groups in total. The molecule has 0 heterocycles. The standard InChI is InChI=1S/C16H32N2/c1-4-7-10-13-18(14-11-8-5-2)16(15-17)12-9-6-3/h16H,4-14H2,1-3H3. The van der Waals surface area contributed by atoms with E-state index in [2.05, 4.69) is 31.7 Å². The summed E-state index contributed by atoms with van der Waals surface area (Å²) in [5, 5.41) is 9.34. The Balaban J connectivity index is 4.16. The number of hydrogen-bond donors (Lipinski definition) is 0. The van der Waals surface area contributed by atoms with Crippen LogP contribution in [0, 0.1) is 11.3 Å². The summed E-state index contributed by atoms with van der Waals surface area (Å²) >= 11 is 0. The maximum absolute atomic E-state index is 9.34. The fourth-order valence-electron chi connectivity index (χ4n) is 2.28. The van der Waals surface area contributed by atoms with Gasteiger partial charge in [0.15, 0.2) is 0 Å². The van der Waals surface area contributed by atoms with Gasteiger partial charge in [-0.2, -0.15) is 5.26 Å². The first-order valence-electron chi connectivity index (χ1n) is 7.93. The molecule has 1 unspecified atom stereocenters. The number of rotatable bonds is 12. The van der Waals surface area contributed by atoms with Crippen molar-refractivity contribution in [2.75, 3.05) is 13.1 Å². The van der Waals surface area contributed by atoms with Crippen LogP contribution >= 0.6 is 0 Å². The van der Waals surface area contributed by atoms with Crippen molar-refractivity contribution in [3.63, 3.8) is 0 Å². The van der Waals surface area contributed by atoms with Gasteiger partial charge in [-0.15, -0.1) is 0 Å². The minimum Gasteiger partial charge on any atom is -0.288 e. The molecule has 0 aliphatic heterocycles. The molecule has 0 amide bonds. The van der Waals surface area contributed by atoms with E-state index < -0.39 is 0 Å². The topological polar surface area (TPSA) is 27.0 Å². The lowest BCUT2D eigenvalue weighted by Gasteiger charge is -2.27. The van der Waals surface area contributed by atoms with Crippen molar-refractivity contribution < 1.29 is 0 Å². The maximum Gasteiger partial charge on any atom is 0.0977 e. The van der Waals surface area contributed by atoms with Crippen LogP contribution in [0.5, 0.6) is 0 Å². The first-order valence-corrected chi connectivity index (χ1v) is 7.93. The third kappa shape index (κ3) is 8.53. The molecule has 2 heteroatoms. The molecule has 18 heavy (non-hydrogen) atoms. The predicted octanol–water partition coefficient (Wildman–Crippen LogP) is 4.75. The van der Waals surface area contributed by atoms with Crippen LogP contribution in [-0.2, 0) is 0 Å². The second-order valence-electron chi connectivity index (χ2n) is 5.24. The average molecular weight is 252 g/mol. The van der Waals surface area contributed by atoms with Gasteiger partial charge in [0.25, 0.3) is 0 Å². The lowest BCUT2D eigenvalue weighted by molar-refractivity contribution is 0.213. The monoisotopic (exact) mass is 252 g/mol. The first kappa shape index (κ1) is 17.4. The molecular weight excluding hydrogens is 220 g/mol. The van der Waals surface area contributed by atoms with Gasteiger partial charge in [-0.05, 0) is 32.4 Å². The second-order valence-corrected chi connectivity index (χ2v) is 5.24. The van der Waals surface area contributed by atoms with Crippen LogP contribution in [0.3, 0.4) is 0 Å². The van der Waals surface area contributed by atoms with Crippen LogP contribution in [0.1, 0.15) is 78.6 Å². The van der Waals surface area contributed by atoms with Crippen LogP contribution in [0.15, 0.2) is 0 Å². The minimum absolute atomic E-state index is 0.152. The third-order valence-electron chi connectivity index (χ3n) is 3.52. The number of hydrogen-bond acceptors (Lipinski definition) is 2. The molecule has 0 saturated heterocycles. The van der Waals surface area contributed by atoms with Crippen LogP contribution in [0.2, 0.25) is 0 Å². The molecule has 0 aliphatic rings. The van der Waals surface area contributed by atoms with E-state index in [4.69, 9.17) is 0 Å². The van der Waals surface area contributed by atoms with Crippen molar-refractivity contribution in [1.82, 2.24) is 4.90 Å². The number of nitrogens with zero attached hydrogens (tertiary/aromatic N) is 2. The van der Waals surface area contributed by atoms with Crippen molar-refractivity contribution in [3.05, 3.63) is 0 Å². The zero-order valence-electron chi connectivity index (χ0n) is 12.7. The minimum atomic E-state index is 0.152. The summed E-state index contributed by atoms with van der Waals surface area (Å²) < 4.78 is 0. The Kier molecular flexibility index (Phi) is 12.5. The van der Waals surface area contributed by atoms with Gasteiger partial charge in [-0.1, -0.05) is 59.3 Å². The molecule has 0 fully saturated rings. The molecule has 0 bridgehead atoms. The van der Waals surface area contributed by atoms with Gasteiger partial charge in [-0.25, -0.2) is 0 Å². The zero-order valence-corrected chi connectivity index (χ0v) is 12.7. The Morgan fingerprint density at radius 2 is 1.33 bits per heavy atom. The summed E-state index contributed by atoms with van der Waals surface area (Å²) in [6.07, 6.45) is 11.0. The molecule has 0 aromatic heterocycles. The summed E-state index contributed by atoms with van der Waals surface area (Å²) in [6, 6.07) is 2.67. The van der Waals surface area contributed by atoms with Crippen LogP contribution in [0.4, 0.5) is 0 Å². The highest BCUT2D eigenvalue weighted by molar-refractivity contribution is 4.91. The fourth-order valence-corrected chi connectivity index (χ4v) is 2.28. The van der Waals surface area contributed by atoms with E-state index >= 15 is 0 Å². The van der Waals surface area contributed by atoms with E-state index in [9.17, 15) is 5.26 Å². The predicted molar refractivity (Wildman–Crippen MR) is 79.5 cm³/mol. The highest BCUT2D eigenvalue weighted by Gasteiger charge is 2.16. The largest absolute Gasteiger partial charge is 0.288 e. The summed E-state index contributed by atoms with van der Waals surface area (Å²) in [7, 11) is 0. The second kappa shape index (κ2) is 12.9. The van der Waals surface area contributed by atoms with E-state index in [-0.39, 0.29) is 6.04 Å². The lowest BCUT2D eigenvalue weighted by atomic mass is 10.1. The summed E-state index contributed by atoms with van der Waals surface area (Å²) in [4.78, 5) is 2.43. The van der Waals surface area contributed by atoms with Gasteiger partial charge in [0.1, 0.15) is 0 Å². The van der Waals surface area contributed by atoms with Crippen molar-refractivity contribution in [1.29, 1.82) is 5.26 Å². The molecule has 0 saturated carbocycles. The SMILES string of the molecule is CCCCCN(CCCCC)C(C#N)CCCC. The first-order chi connectivity index (χ1) is 8.79. The highest BCUT2D eigenvalue weighted by atomic mass is 15.1. The van der Waals surface area contributed by atoms with Gasteiger partial charge in [-0.3, -0.25) is 4.90 Å². The maximum atomic E-state index is 9.34. The summed E-state index contributed by atoms with van der Waals surface area (Å²) in [5.41, 5.74) is 0. The smallest absolute Gasteiger partial charge is 0.0977 e. The Morgan fingerprint density at radius 1 is 0.833 bits per heavy atom. The van der Waals surface area contributed by atoms with E-state index in [0.717, 1.165) is 19.5 Å². The Labute approximate surface area is 114 Å². The zero-order chi connectivity index (χ0) is 13.6. The van der Waals surface area contributed by atoms with Gasteiger partial charge >= 0.3 is 0 Å². The van der Waals surface area contributed by atoms with Crippen molar-refractivity contribution in [3.8, 4) is 6.07 Å². The number of nitriles is 1. The van der Waals surface area contributed by atoms with E-state index in [1.54, 1.807) is 0 Å². The summed E-state index contributed by atoms with van der Waals surface area (Å²) in [5.74, 6) is 0. The van der Waals surface area contributed by atoms with E-state index in [1.807, 2.05) is 0 Å². The Bertz CT molecular complexity index is 198. The average Bonchev–Trinajstić information content (AvgIpc) is 2.39. The molecule has 0 rings (SSSR count). The molecule has 0 spiro atoms. The molecule has 0 aromatic carbocycles. The third-order valence-corrected chi connectivity index (χ3v) is 3.52. The quantitative estimate of drug-likeness (QED) is 0.469. The molecular formula is C16H32N2. The van der Waals surface area contributed by atoms with Gasteiger partial charge in [0, 0.05) is 0 Å². The fraction of sp³-hybridized carbons (Fsp3) is 0.938. The molecule has 0 aliphatic carbocycles. The van der Waals surface area contributed by atoms with Crippen molar-refractivity contribution in [2.24, 2.45) is 0 Å². The lowest BCUT2D eigenvalue weighted by Crippen LogP contribution is -2.36. The van der Waals surface area contributed by atoms with Gasteiger partial charge in [0.05, 0.1) is 12.1 Å². The number of unbranched alkanes of at least 4 members (excludes halogenated alkanes) is 5. The van der Waals surface area contributed by atoms with Crippen LogP contribution < -0.4 is 0 Å². The van der Waals surface area contributed by atoms with E-state index in [0.29, 0.717) is 0 Å². The van der Waals surface area contributed by atoms with Crippen molar-refractivity contribution >= 4 is 0 Å². The van der Waals surface area contributed by atoms with Gasteiger partial charge in [0.2, 0.25) is 0 Å². The molecule has 106 valence electrons. The van der Waals surface area contributed by atoms with Gasteiger partial charge < -0.3 is 0 Å². The molecule has 0 radical (unpaired) electrons. The highest BCUT2D eigenvalue weighted by Crippen LogP contribution is 2.12. The Morgan fingerprint density at radius 3 is 1.72 bits per heavy atom. The normalized spacial score (nSPS) is 12.6. The molecule has 0 aromatic rings.